The van der Waals surface area contributed by atoms with Crippen molar-refractivity contribution in [3.05, 3.63) is 71.3 Å². The average Bonchev–Trinajstić information content (AvgIpc) is 2.60. The van der Waals surface area contributed by atoms with Crippen LogP contribution < -0.4 is 4.74 Å². The molecule has 23 heavy (non-hydrogen) atoms. The number of carbonyl (C=O) groups is 1. The van der Waals surface area contributed by atoms with Crippen molar-refractivity contribution in [2.24, 2.45) is 0 Å². The van der Waals surface area contributed by atoms with Gasteiger partial charge in [-0.2, -0.15) is 0 Å². The van der Waals surface area contributed by atoms with E-state index in [2.05, 4.69) is 0 Å². The molecule has 0 saturated carbocycles. The molecule has 120 valence electrons. The summed E-state index contributed by atoms with van der Waals surface area (Å²) in [6, 6.07) is 16.3. The number of rotatable bonds is 6. The van der Waals surface area contributed by atoms with Crippen molar-refractivity contribution in [2.75, 3.05) is 13.7 Å². The lowest BCUT2D eigenvalue weighted by Crippen LogP contribution is -2.14. The van der Waals surface area contributed by atoms with E-state index in [-0.39, 0.29) is 12.2 Å². The molecule has 0 heterocycles. The Morgan fingerprint density at radius 3 is 2.43 bits per heavy atom. The van der Waals surface area contributed by atoms with Gasteiger partial charge in [0.2, 0.25) is 0 Å². The van der Waals surface area contributed by atoms with E-state index in [1.807, 2.05) is 36.4 Å². The van der Waals surface area contributed by atoms with Gasteiger partial charge in [-0.15, -0.1) is 0 Å². The van der Waals surface area contributed by atoms with Gasteiger partial charge < -0.3 is 14.6 Å². The standard InChI is InChI=1S/C19H20O4/c1-3-23-19(21)16(18(20)14-9-5-4-6-10-14)13-15-11-7-8-12-17(15)22-2/h4-13,18,20H,3H2,1-2H3/b16-13+. The first-order valence-corrected chi connectivity index (χ1v) is 7.42. The van der Waals surface area contributed by atoms with Crippen molar-refractivity contribution >= 4 is 12.0 Å². The minimum Gasteiger partial charge on any atom is -0.496 e. The number of para-hydroxylation sites is 1. The van der Waals surface area contributed by atoms with Crippen LogP contribution in [-0.2, 0) is 9.53 Å². The number of aliphatic hydroxyl groups is 1. The van der Waals surface area contributed by atoms with E-state index in [4.69, 9.17) is 9.47 Å². The second-order valence-electron chi connectivity index (χ2n) is 4.88. The summed E-state index contributed by atoms with van der Waals surface area (Å²) in [5, 5.41) is 10.6. The molecular weight excluding hydrogens is 292 g/mol. The molecule has 0 radical (unpaired) electrons. The molecule has 0 aromatic heterocycles. The first kappa shape index (κ1) is 16.8. The zero-order valence-electron chi connectivity index (χ0n) is 13.2. The van der Waals surface area contributed by atoms with Crippen molar-refractivity contribution < 1.29 is 19.4 Å². The quantitative estimate of drug-likeness (QED) is 0.656. The third kappa shape index (κ3) is 4.20. The van der Waals surface area contributed by atoms with Gasteiger partial charge in [-0.1, -0.05) is 48.5 Å². The lowest BCUT2D eigenvalue weighted by Gasteiger charge is -2.15. The highest BCUT2D eigenvalue weighted by Gasteiger charge is 2.22. The molecule has 1 unspecified atom stereocenters. The Kier molecular flexibility index (Phi) is 5.94. The first-order valence-electron chi connectivity index (χ1n) is 7.42. The second-order valence-corrected chi connectivity index (χ2v) is 4.88. The molecule has 4 heteroatoms. The predicted octanol–water partition coefficient (Wildman–Crippen LogP) is 3.38. The molecule has 0 bridgehead atoms. The van der Waals surface area contributed by atoms with Crippen molar-refractivity contribution in [3.8, 4) is 5.75 Å². The van der Waals surface area contributed by atoms with E-state index in [1.165, 1.54) is 0 Å². The summed E-state index contributed by atoms with van der Waals surface area (Å²) >= 11 is 0. The molecule has 0 amide bonds. The lowest BCUT2D eigenvalue weighted by molar-refractivity contribution is -0.139. The van der Waals surface area contributed by atoms with Gasteiger partial charge in [-0.05, 0) is 24.6 Å². The number of methoxy groups -OCH3 is 1. The number of hydrogen-bond donors (Lipinski definition) is 1. The minimum atomic E-state index is -1.07. The van der Waals surface area contributed by atoms with Crippen LogP contribution in [0.25, 0.3) is 6.08 Å². The molecule has 4 nitrogen and oxygen atoms in total. The van der Waals surface area contributed by atoms with Crippen LogP contribution in [0.1, 0.15) is 24.2 Å². The molecule has 0 aliphatic heterocycles. The van der Waals surface area contributed by atoms with Crippen molar-refractivity contribution in [1.29, 1.82) is 0 Å². The molecule has 0 fully saturated rings. The minimum absolute atomic E-state index is 0.169. The summed E-state index contributed by atoms with van der Waals surface area (Å²) in [6.07, 6.45) is 0.536. The molecule has 2 aromatic carbocycles. The summed E-state index contributed by atoms with van der Waals surface area (Å²) in [5.41, 5.74) is 1.50. The van der Waals surface area contributed by atoms with Crippen LogP contribution >= 0.6 is 0 Å². The maximum absolute atomic E-state index is 12.3. The smallest absolute Gasteiger partial charge is 0.337 e. The van der Waals surface area contributed by atoms with Gasteiger partial charge in [-0.3, -0.25) is 0 Å². The van der Waals surface area contributed by atoms with Gasteiger partial charge in [0.15, 0.2) is 0 Å². The SMILES string of the molecule is CCOC(=O)/C(=C/c1ccccc1OC)C(O)c1ccccc1. The molecule has 0 aliphatic rings. The summed E-state index contributed by atoms with van der Waals surface area (Å²) < 4.78 is 10.4. The monoisotopic (exact) mass is 312 g/mol. The number of hydrogen-bond acceptors (Lipinski definition) is 4. The Balaban J connectivity index is 2.45. The molecule has 2 aromatic rings. The highest BCUT2D eigenvalue weighted by molar-refractivity contribution is 5.95. The van der Waals surface area contributed by atoms with Crippen LogP contribution in [0.5, 0.6) is 5.75 Å². The third-order valence-electron chi connectivity index (χ3n) is 3.37. The maximum atomic E-state index is 12.3. The normalized spacial score (nSPS) is 12.6. The van der Waals surface area contributed by atoms with E-state index < -0.39 is 12.1 Å². The van der Waals surface area contributed by atoms with E-state index >= 15 is 0 Å². The summed E-state index contributed by atoms with van der Waals surface area (Å²) in [6.45, 7) is 1.97. The Morgan fingerprint density at radius 2 is 1.78 bits per heavy atom. The summed E-state index contributed by atoms with van der Waals surface area (Å²) in [5.74, 6) is 0.0734. The number of carbonyl (C=O) groups excluding carboxylic acids is 1. The third-order valence-corrected chi connectivity index (χ3v) is 3.37. The molecule has 0 spiro atoms. The van der Waals surface area contributed by atoms with E-state index in [0.717, 1.165) is 0 Å². The number of esters is 1. The highest BCUT2D eigenvalue weighted by atomic mass is 16.5. The molecule has 1 atom stereocenters. The van der Waals surface area contributed by atoms with E-state index in [1.54, 1.807) is 38.3 Å². The Bertz CT molecular complexity index is 677. The van der Waals surface area contributed by atoms with Gasteiger partial charge in [-0.25, -0.2) is 4.79 Å². The lowest BCUT2D eigenvalue weighted by atomic mass is 9.99. The molecule has 0 aliphatic carbocycles. The highest BCUT2D eigenvalue weighted by Crippen LogP contribution is 2.28. The van der Waals surface area contributed by atoms with Crippen LogP contribution in [0.4, 0.5) is 0 Å². The topological polar surface area (TPSA) is 55.8 Å². The largest absolute Gasteiger partial charge is 0.496 e. The van der Waals surface area contributed by atoms with Gasteiger partial charge in [0.1, 0.15) is 11.9 Å². The Morgan fingerprint density at radius 1 is 1.13 bits per heavy atom. The van der Waals surface area contributed by atoms with Crippen molar-refractivity contribution in [3.63, 3.8) is 0 Å². The number of aliphatic hydroxyl groups excluding tert-OH is 1. The van der Waals surface area contributed by atoms with E-state index in [9.17, 15) is 9.90 Å². The van der Waals surface area contributed by atoms with Crippen LogP contribution in [0.15, 0.2) is 60.2 Å². The molecular formula is C19H20O4. The Labute approximate surface area is 136 Å². The zero-order chi connectivity index (χ0) is 16.7. The molecule has 1 N–H and O–H groups in total. The average molecular weight is 312 g/mol. The van der Waals surface area contributed by atoms with Crippen LogP contribution in [0.3, 0.4) is 0 Å². The van der Waals surface area contributed by atoms with Crippen LogP contribution in [-0.4, -0.2) is 24.8 Å². The van der Waals surface area contributed by atoms with Gasteiger partial charge in [0.05, 0.1) is 19.3 Å². The van der Waals surface area contributed by atoms with E-state index in [0.29, 0.717) is 16.9 Å². The van der Waals surface area contributed by atoms with Crippen molar-refractivity contribution in [1.82, 2.24) is 0 Å². The van der Waals surface area contributed by atoms with Gasteiger partial charge in [0, 0.05) is 5.56 Å². The first-order chi connectivity index (χ1) is 11.2. The fourth-order valence-corrected chi connectivity index (χ4v) is 2.23. The number of benzene rings is 2. The fourth-order valence-electron chi connectivity index (χ4n) is 2.23. The van der Waals surface area contributed by atoms with Gasteiger partial charge >= 0.3 is 5.97 Å². The Hall–Kier alpha value is -2.59. The molecule has 2 rings (SSSR count). The predicted molar refractivity (Wildman–Crippen MR) is 89.0 cm³/mol. The van der Waals surface area contributed by atoms with Crippen LogP contribution in [0, 0.1) is 0 Å². The van der Waals surface area contributed by atoms with Gasteiger partial charge in [0.25, 0.3) is 0 Å². The second kappa shape index (κ2) is 8.15. The number of ether oxygens (including phenoxy) is 2. The van der Waals surface area contributed by atoms with Crippen LogP contribution in [0.2, 0.25) is 0 Å². The fraction of sp³-hybridized carbons (Fsp3) is 0.211. The summed E-state index contributed by atoms with van der Waals surface area (Å²) in [7, 11) is 1.56. The summed E-state index contributed by atoms with van der Waals surface area (Å²) in [4.78, 5) is 12.3. The zero-order valence-corrected chi connectivity index (χ0v) is 13.2. The van der Waals surface area contributed by atoms with Crippen molar-refractivity contribution in [2.45, 2.75) is 13.0 Å². The molecule has 0 saturated heterocycles. The maximum Gasteiger partial charge on any atom is 0.337 e.